The number of amides is 1. The van der Waals surface area contributed by atoms with Crippen molar-refractivity contribution in [1.82, 2.24) is 15.6 Å². The van der Waals surface area contributed by atoms with Gasteiger partial charge in [0.05, 0.1) is 0 Å². The van der Waals surface area contributed by atoms with Gasteiger partial charge in [-0.05, 0) is 37.6 Å². The molecule has 1 aromatic heterocycles. The van der Waals surface area contributed by atoms with Gasteiger partial charge in [0.2, 0.25) is 0 Å². The van der Waals surface area contributed by atoms with Crippen LogP contribution in [0.3, 0.4) is 0 Å². The Morgan fingerprint density at radius 3 is 3.21 bits per heavy atom. The Hall–Kier alpha value is -1.29. The minimum atomic E-state index is -0.0121. The molecule has 1 saturated heterocycles. The fourth-order valence-electron chi connectivity index (χ4n) is 1.69. The van der Waals surface area contributed by atoms with Gasteiger partial charge < -0.3 is 15.6 Å². The second-order valence-corrected chi connectivity index (χ2v) is 3.65. The summed E-state index contributed by atoms with van der Waals surface area (Å²) in [7, 11) is 0. The number of carbonyl (C=O) groups is 1. The lowest BCUT2D eigenvalue weighted by atomic mass is 10.1. The van der Waals surface area contributed by atoms with E-state index in [-0.39, 0.29) is 5.91 Å². The van der Waals surface area contributed by atoms with Crippen LogP contribution in [0.2, 0.25) is 0 Å². The van der Waals surface area contributed by atoms with E-state index in [1.807, 2.05) is 6.07 Å². The van der Waals surface area contributed by atoms with Crippen LogP contribution in [-0.2, 0) is 0 Å². The summed E-state index contributed by atoms with van der Waals surface area (Å²) >= 11 is 0. The van der Waals surface area contributed by atoms with E-state index < -0.39 is 0 Å². The van der Waals surface area contributed by atoms with Gasteiger partial charge in [-0.15, -0.1) is 0 Å². The summed E-state index contributed by atoms with van der Waals surface area (Å²) in [6.45, 7) is 2.86. The number of hydrogen-bond acceptors (Lipinski definition) is 2. The van der Waals surface area contributed by atoms with Crippen molar-refractivity contribution in [2.45, 2.75) is 6.42 Å². The van der Waals surface area contributed by atoms with Gasteiger partial charge in [-0.25, -0.2) is 0 Å². The number of nitrogens with one attached hydrogen (secondary N) is 3. The highest BCUT2D eigenvalue weighted by Crippen LogP contribution is 2.05. The van der Waals surface area contributed by atoms with E-state index in [9.17, 15) is 4.79 Å². The van der Waals surface area contributed by atoms with E-state index in [1.165, 1.54) is 0 Å². The first-order valence-electron chi connectivity index (χ1n) is 4.98. The van der Waals surface area contributed by atoms with E-state index in [0.29, 0.717) is 11.6 Å². The standard InChI is InChI=1S/C10H15N3O/c14-10(9-2-1-4-12-9)13-7-8-3-5-11-6-8/h1-2,4,8,11-12H,3,5-7H2,(H,13,14). The first kappa shape index (κ1) is 9.27. The summed E-state index contributed by atoms with van der Waals surface area (Å²) in [6, 6.07) is 3.61. The number of carbonyl (C=O) groups excluding carboxylic acids is 1. The van der Waals surface area contributed by atoms with Crippen molar-refractivity contribution < 1.29 is 4.79 Å². The maximum Gasteiger partial charge on any atom is 0.267 e. The molecule has 0 radical (unpaired) electrons. The van der Waals surface area contributed by atoms with Crippen molar-refractivity contribution in [3.63, 3.8) is 0 Å². The highest BCUT2D eigenvalue weighted by atomic mass is 16.1. The number of aromatic nitrogens is 1. The maximum absolute atomic E-state index is 11.5. The zero-order valence-electron chi connectivity index (χ0n) is 8.05. The SMILES string of the molecule is O=C(NCC1CCNC1)c1ccc[nH]1. The summed E-state index contributed by atoms with van der Waals surface area (Å²) in [5, 5.41) is 6.19. The molecule has 2 heterocycles. The predicted octanol–water partition coefficient (Wildman–Crippen LogP) is 0.354. The Morgan fingerprint density at radius 2 is 2.57 bits per heavy atom. The smallest absolute Gasteiger partial charge is 0.267 e. The molecule has 4 heteroatoms. The number of rotatable bonds is 3. The van der Waals surface area contributed by atoms with Gasteiger partial charge in [0.1, 0.15) is 5.69 Å². The molecule has 14 heavy (non-hydrogen) atoms. The van der Waals surface area contributed by atoms with E-state index in [2.05, 4.69) is 15.6 Å². The third-order valence-corrected chi connectivity index (χ3v) is 2.56. The first-order chi connectivity index (χ1) is 6.86. The van der Waals surface area contributed by atoms with Crippen LogP contribution in [0, 0.1) is 5.92 Å². The largest absolute Gasteiger partial charge is 0.357 e. The molecule has 0 bridgehead atoms. The third kappa shape index (κ3) is 2.14. The van der Waals surface area contributed by atoms with Gasteiger partial charge in [-0.1, -0.05) is 0 Å². The van der Waals surface area contributed by atoms with Crippen LogP contribution in [0.25, 0.3) is 0 Å². The van der Waals surface area contributed by atoms with Gasteiger partial charge in [-0.2, -0.15) is 0 Å². The minimum Gasteiger partial charge on any atom is -0.357 e. The second-order valence-electron chi connectivity index (χ2n) is 3.65. The number of hydrogen-bond donors (Lipinski definition) is 3. The Balaban J connectivity index is 1.78. The van der Waals surface area contributed by atoms with Crippen molar-refractivity contribution in [3.8, 4) is 0 Å². The summed E-state index contributed by atoms with van der Waals surface area (Å²) in [5.41, 5.74) is 0.635. The average molecular weight is 193 g/mol. The molecule has 0 aromatic carbocycles. The molecule has 76 valence electrons. The lowest BCUT2D eigenvalue weighted by Gasteiger charge is -2.08. The Morgan fingerprint density at radius 1 is 1.64 bits per heavy atom. The summed E-state index contributed by atoms with van der Waals surface area (Å²) in [4.78, 5) is 14.4. The lowest BCUT2D eigenvalue weighted by molar-refractivity contribution is 0.0944. The molecule has 1 fully saturated rings. The molecule has 1 aliphatic heterocycles. The molecule has 1 atom stereocenters. The molecule has 1 aromatic rings. The third-order valence-electron chi connectivity index (χ3n) is 2.56. The highest BCUT2D eigenvalue weighted by molar-refractivity contribution is 5.92. The summed E-state index contributed by atoms with van der Waals surface area (Å²) in [5.74, 6) is 0.579. The molecular formula is C10H15N3O. The normalized spacial score (nSPS) is 21.0. The van der Waals surface area contributed by atoms with Crippen LogP contribution in [-0.4, -0.2) is 30.5 Å². The molecule has 1 unspecified atom stereocenters. The molecule has 0 spiro atoms. The van der Waals surface area contributed by atoms with Crippen molar-refractivity contribution in [2.24, 2.45) is 5.92 Å². The first-order valence-corrected chi connectivity index (χ1v) is 4.98. The summed E-state index contributed by atoms with van der Waals surface area (Å²) < 4.78 is 0. The molecule has 4 nitrogen and oxygen atoms in total. The van der Waals surface area contributed by atoms with Gasteiger partial charge in [0, 0.05) is 12.7 Å². The maximum atomic E-state index is 11.5. The Bertz CT molecular complexity index is 288. The quantitative estimate of drug-likeness (QED) is 0.649. The second kappa shape index (κ2) is 4.28. The van der Waals surface area contributed by atoms with E-state index in [4.69, 9.17) is 0 Å². The molecule has 0 saturated carbocycles. The van der Waals surface area contributed by atoms with Gasteiger partial charge in [0.25, 0.3) is 5.91 Å². The van der Waals surface area contributed by atoms with Crippen LogP contribution < -0.4 is 10.6 Å². The van der Waals surface area contributed by atoms with Crippen molar-refractivity contribution in [2.75, 3.05) is 19.6 Å². The molecule has 3 N–H and O–H groups in total. The Labute approximate surface area is 83.1 Å². The van der Waals surface area contributed by atoms with Gasteiger partial charge >= 0.3 is 0 Å². The van der Waals surface area contributed by atoms with Crippen molar-refractivity contribution >= 4 is 5.91 Å². The molecule has 1 amide bonds. The molecule has 2 rings (SSSR count). The average Bonchev–Trinajstić information content (AvgIpc) is 2.87. The minimum absolute atomic E-state index is 0.0121. The molecule has 1 aliphatic rings. The van der Waals surface area contributed by atoms with E-state index in [1.54, 1.807) is 12.3 Å². The Kier molecular flexibility index (Phi) is 2.84. The number of aromatic amines is 1. The zero-order chi connectivity index (χ0) is 9.80. The zero-order valence-corrected chi connectivity index (χ0v) is 8.05. The fourth-order valence-corrected chi connectivity index (χ4v) is 1.69. The fraction of sp³-hybridized carbons (Fsp3) is 0.500. The lowest BCUT2D eigenvalue weighted by Crippen LogP contribution is -2.30. The van der Waals surface area contributed by atoms with Crippen LogP contribution in [0.15, 0.2) is 18.3 Å². The van der Waals surface area contributed by atoms with Crippen molar-refractivity contribution in [3.05, 3.63) is 24.0 Å². The predicted molar refractivity (Wildman–Crippen MR) is 54.1 cm³/mol. The highest BCUT2D eigenvalue weighted by Gasteiger charge is 2.15. The number of H-pyrrole nitrogens is 1. The molecule has 0 aliphatic carbocycles. The monoisotopic (exact) mass is 193 g/mol. The van der Waals surface area contributed by atoms with Gasteiger partial charge in [-0.3, -0.25) is 4.79 Å². The van der Waals surface area contributed by atoms with E-state index in [0.717, 1.165) is 26.1 Å². The molecular weight excluding hydrogens is 178 g/mol. The topological polar surface area (TPSA) is 56.9 Å². The van der Waals surface area contributed by atoms with E-state index >= 15 is 0 Å². The van der Waals surface area contributed by atoms with Crippen LogP contribution in [0.1, 0.15) is 16.9 Å². The van der Waals surface area contributed by atoms with Gasteiger partial charge in [0.15, 0.2) is 0 Å². The van der Waals surface area contributed by atoms with Crippen molar-refractivity contribution in [1.29, 1.82) is 0 Å². The summed E-state index contributed by atoms with van der Waals surface area (Å²) in [6.07, 6.45) is 2.91. The van der Waals surface area contributed by atoms with Crippen LogP contribution in [0.5, 0.6) is 0 Å². The van der Waals surface area contributed by atoms with Crippen LogP contribution in [0.4, 0.5) is 0 Å². The van der Waals surface area contributed by atoms with Crippen LogP contribution >= 0.6 is 0 Å².